The quantitative estimate of drug-likeness (QED) is 0.814. The van der Waals surface area contributed by atoms with E-state index < -0.39 is 0 Å². The van der Waals surface area contributed by atoms with Crippen molar-refractivity contribution in [3.05, 3.63) is 28.0 Å². The smallest absolute Gasteiger partial charge is 0.135 e. The lowest BCUT2D eigenvalue weighted by molar-refractivity contribution is 0.834. The number of nitrogens with zero attached hydrogens (tertiary/aromatic N) is 3. The van der Waals surface area contributed by atoms with E-state index in [0.29, 0.717) is 0 Å². The zero-order chi connectivity index (χ0) is 15.2. The van der Waals surface area contributed by atoms with Gasteiger partial charge in [-0.1, -0.05) is 13.3 Å². The molecule has 0 radical (unpaired) electrons. The largest absolute Gasteiger partial charge is 0.370 e. The molecular weight excluding hydrogens is 282 g/mol. The molecule has 0 saturated heterocycles. The summed E-state index contributed by atoms with van der Waals surface area (Å²) in [4.78, 5) is 13.3. The molecule has 21 heavy (non-hydrogen) atoms. The van der Waals surface area contributed by atoms with Crippen LogP contribution in [0.15, 0.2) is 11.7 Å². The molecule has 0 aliphatic rings. The number of aryl methyl sites for hydroxylation is 1. The Morgan fingerprint density at radius 3 is 2.62 bits per heavy atom. The lowest BCUT2D eigenvalue weighted by Crippen LogP contribution is -2.13. The third-order valence-corrected chi connectivity index (χ3v) is 4.30. The molecule has 0 bridgehead atoms. The van der Waals surface area contributed by atoms with Crippen LogP contribution in [0.2, 0.25) is 0 Å². The van der Waals surface area contributed by atoms with Crippen LogP contribution in [0.4, 0.5) is 11.6 Å². The van der Waals surface area contributed by atoms with Crippen LogP contribution in [0.3, 0.4) is 0 Å². The van der Waals surface area contributed by atoms with Gasteiger partial charge in [0.25, 0.3) is 0 Å². The van der Waals surface area contributed by atoms with Gasteiger partial charge in [-0.3, -0.25) is 0 Å². The Kier molecular flexibility index (Phi) is 5.50. The molecule has 2 N–H and O–H groups in total. The summed E-state index contributed by atoms with van der Waals surface area (Å²) in [5.41, 5.74) is 2.22. The molecule has 0 fully saturated rings. The van der Waals surface area contributed by atoms with Gasteiger partial charge in [-0.05, 0) is 27.2 Å². The highest BCUT2D eigenvalue weighted by Crippen LogP contribution is 2.26. The number of aromatic nitrogens is 3. The number of rotatable bonds is 7. The summed E-state index contributed by atoms with van der Waals surface area (Å²) in [6.45, 7) is 9.23. The average molecular weight is 305 g/mol. The fourth-order valence-corrected chi connectivity index (χ4v) is 2.98. The lowest BCUT2D eigenvalue weighted by Gasteiger charge is -2.17. The molecule has 6 heteroatoms. The summed E-state index contributed by atoms with van der Waals surface area (Å²) in [5.74, 6) is 1.84. The zero-order valence-corrected chi connectivity index (χ0v) is 13.9. The number of nitrogens with one attached hydrogen (secondary N) is 2. The summed E-state index contributed by atoms with van der Waals surface area (Å²) in [6, 6.07) is 0.142. The molecule has 2 aromatic rings. The molecule has 0 aromatic carbocycles. The number of hydrogen-bond donors (Lipinski definition) is 2. The lowest BCUT2D eigenvalue weighted by atomic mass is 10.1. The van der Waals surface area contributed by atoms with Crippen LogP contribution in [0.5, 0.6) is 0 Å². The van der Waals surface area contributed by atoms with Crippen LogP contribution in [-0.4, -0.2) is 21.5 Å². The molecule has 2 aromatic heterocycles. The maximum absolute atomic E-state index is 4.54. The van der Waals surface area contributed by atoms with E-state index in [2.05, 4.69) is 51.7 Å². The molecule has 5 nitrogen and oxygen atoms in total. The van der Waals surface area contributed by atoms with E-state index in [-0.39, 0.29) is 6.04 Å². The highest BCUT2D eigenvalue weighted by molar-refractivity contribution is 7.09. The standard InChI is InChI=1S/C15H23N5S/c1-5-7-12-13(16-6-2)17-9-18-14(12)20-11(4)15-19-10(3)8-21-15/h8-9,11H,5-7H2,1-4H3,(H2,16,17,18,20). The van der Waals surface area contributed by atoms with Crippen LogP contribution >= 0.6 is 11.3 Å². The van der Waals surface area contributed by atoms with Gasteiger partial charge < -0.3 is 10.6 Å². The van der Waals surface area contributed by atoms with E-state index in [0.717, 1.165) is 47.3 Å². The maximum atomic E-state index is 4.54. The summed E-state index contributed by atoms with van der Waals surface area (Å²) in [6.07, 6.45) is 3.62. The van der Waals surface area contributed by atoms with Crippen molar-refractivity contribution in [1.82, 2.24) is 15.0 Å². The van der Waals surface area contributed by atoms with Crippen LogP contribution in [0.25, 0.3) is 0 Å². The highest BCUT2D eigenvalue weighted by Gasteiger charge is 2.15. The van der Waals surface area contributed by atoms with E-state index in [4.69, 9.17) is 0 Å². The average Bonchev–Trinajstić information content (AvgIpc) is 2.89. The second kappa shape index (κ2) is 7.36. The van der Waals surface area contributed by atoms with E-state index in [1.165, 1.54) is 0 Å². The first-order chi connectivity index (χ1) is 10.2. The topological polar surface area (TPSA) is 62.7 Å². The molecule has 0 amide bonds. The first-order valence-corrected chi connectivity index (χ1v) is 8.30. The predicted molar refractivity (Wildman–Crippen MR) is 89.1 cm³/mol. The monoisotopic (exact) mass is 305 g/mol. The van der Waals surface area contributed by atoms with Gasteiger partial charge in [0.15, 0.2) is 0 Å². The van der Waals surface area contributed by atoms with Gasteiger partial charge in [-0.15, -0.1) is 11.3 Å². The van der Waals surface area contributed by atoms with Crippen LogP contribution in [-0.2, 0) is 6.42 Å². The predicted octanol–water partition coefficient (Wildman–Crippen LogP) is 3.80. The molecule has 1 atom stereocenters. The molecule has 2 rings (SSSR count). The fraction of sp³-hybridized carbons (Fsp3) is 0.533. The van der Waals surface area contributed by atoms with Gasteiger partial charge in [-0.2, -0.15) is 0 Å². The number of thiazole rings is 1. The van der Waals surface area contributed by atoms with Crippen LogP contribution in [0.1, 0.15) is 49.5 Å². The SMILES string of the molecule is CCCc1c(NCC)ncnc1NC(C)c1nc(C)cs1. The second-order valence-corrected chi connectivity index (χ2v) is 5.91. The normalized spacial score (nSPS) is 12.2. The van der Waals surface area contributed by atoms with Gasteiger partial charge in [0.2, 0.25) is 0 Å². The van der Waals surface area contributed by atoms with Gasteiger partial charge in [0, 0.05) is 23.2 Å². The first-order valence-electron chi connectivity index (χ1n) is 7.42. The Balaban J connectivity index is 2.23. The summed E-state index contributed by atoms with van der Waals surface area (Å²) in [5, 5.41) is 9.95. The molecule has 0 aliphatic carbocycles. The highest BCUT2D eigenvalue weighted by atomic mass is 32.1. The van der Waals surface area contributed by atoms with Gasteiger partial charge >= 0.3 is 0 Å². The van der Waals surface area contributed by atoms with Crippen molar-refractivity contribution in [2.24, 2.45) is 0 Å². The van der Waals surface area contributed by atoms with E-state index in [1.54, 1.807) is 17.7 Å². The van der Waals surface area contributed by atoms with Gasteiger partial charge in [0.05, 0.1) is 6.04 Å². The van der Waals surface area contributed by atoms with E-state index in [9.17, 15) is 0 Å². The van der Waals surface area contributed by atoms with Crippen molar-refractivity contribution < 1.29 is 0 Å². The second-order valence-electron chi connectivity index (χ2n) is 5.02. The third-order valence-electron chi connectivity index (χ3n) is 3.15. The number of hydrogen-bond acceptors (Lipinski definition) is 6. The summed E-state index contributed by atoms with van der Waals surface area (Å²) < 4.78 is 0. The third kappa shape index (κ3) is 3.91. The Morgan fingerprint density at radius 2 is 2.00 bits per heavy atom. The Labute approximate surface area is 130 Å². The minimum Gasteiger partial charge on any atom is -0.370 e. The molecule has 0 saturated carbocycles. The first kappa shape index (κ1) is 15.7. The molecule has 0 spiro atoms. The van der Waals surface area contributed by atoms with E-state index in [1.807, 2.05) is 6.92 Å². The number of anilines is 2. The van der Waals surface area contributed by atoms with Crippen molar-refractivity contribution in [2.45, 2.75) is 46.6 Å². The molecular formula is C15H23N5S. The van der Waals surface area contributed by atoms with Crippen molar-refractivity contribution in [3.8, 4) is 0 Å². The van der Waals surface area contributed by atoms with E-state index >= 15 is 0 Å². The van der Waals surface area contributed by atoms with Crippen LogP contribution in [0, 0.1) is 6.92 Å². The molecule has 1 unspecified atom stereocenters. The Bertz CT molecular complexity index is 581. The van der Waals surface area contributed by atoms with Crippen LogP contribution < -0.4 is 10.6 Å². The maximum Gasteiger partial charge on any atom is 0.135 e. The van der Waals surface area contributed by atoms with Crippen molar-refractivity contribution >= 4 is 23.0 Å². The Hall–Kier alpha value is -1.69. The summed E-state index contributed by atoms with van der Waals surface area (Å²) >= 11 is 1.68. The zero-order valence-electron chi connectivity index (χ0n) is 13.1. The van der Waals surface area contributed by atoms with Crippen molar-refractivity contribution in [2.75, 3.05) is 17.2 Å². The van der Waals surface area contributed by atoms with Gasteiger partial charge in [0.1, 0.15) is 23.0 Å². The van der Waals surface area contributed by atoms with Gasteiger partial charge in [-0.25, -0.2) is 15.0 Å². The molecule has 2 heterocycles. The minimum absolute atomic E-state index is 0.142. The van der Waals surface area contributed by atoms with Crippen molar-refractivity contribution in [1.29, 1.82) is 0 Å². The molecule has 0 aliphatic heterocycles. The molecule has 114 valence electrons. The van der Waals surface area contributed by atoms with Crippen molar-refractivity contribution in [3.63, 3.8) is 0 Å². The Morgan fingerprint density at radius 1 is 1.24 bits per heavy atom. The summed E-state index contributed by atoms with van der Waals surface area (Å²) in [7, 11) is 0. The fourth-order valence-electron chi connectivity index (χ4n) is 2.18. The minimum atomic E-state index is 0.142.